The minimum Gasteiger partial charge on any atom is -0.356 e. The maximum absolute atomic E-state index is 13.7. The maximum atomic E-state index is 13.7. The quantitative estimate of drug-likeness (QED) is 0.0630. The molecule has 2 aliphatic heterocycles. The third-order valence-electron chi connectivity index (χ3n) is 12.5. The van der Waals surface area contributed by atoms with E-state index in [1.165, 1.54) is 30.5 Å². The summed E-state index contributed by atoms with van der Waals surface area (Å²) >= 11 is 0. The lowest BCUT2D eigenvalue weighted by atomic mass is 9.94. The predicted octanol–water partition coefficient (Wildman–Crippen LogP) is 7.83. The lowest BCUT2D eigenvalue weighted by Crippen LogP contribution is -2.42. The van der Waals surface area contributed by atoms with Crippen molar-refractivity contribution in [3.05, 3.63) is 144 Å². The van der Waals surface area contributed by atoms with Gasteiger partial charge in [-0.1, -0.05) is 30.3 Å². The summed E-state index contributed by atoms with van der Waals surface area (Å²) in [5.74, 6) is 2.85. The molecule has 6 heterocycles. The largest absolute Gasteiger partial charge is 0.356 e. The topological polar surface area (TPSA) is 182 Å². The summed E-state index contributed by atoms with van der Waals surface area (Å²) in [5.41, 5.74) is 4.53. The van der Waals surface area contributed by atoms with Crippen molar-refractivity contribution in [1.29, 1.82) is 0 Å². The number of hydrogen-bond donors (Lipinski definition) is 3. The smallest absolute Gasteiger partial charge is 0.225 e. The molecule has 3 N–H and O–H groups in total. The number of ether oxygens (including phenoxy) is 2. The number of likely N-dealkylation sites (tertiary alicyclic amines) is 2. The van der Waals surface area contributed by atoms with Crippen LogP contribution in [0.15, 0.2) is 121 Å². The lowest BCUT2D eigenvalue weighted by molar-refractivity contribution is -0.195. The molecule has 0 bridgehead atoms. The van der Waals surface area contributed by atoms with Crippen molar-refractivity contribution < 1.29 is 32.7 Å². The maximum Gasteiger partial charge on any atom is 0.225 e. The van der Waals surface area contributed by atoms with Crippen molar-refractivity contribution in [2.45, 2.75) is 82.3 Å². The van der Waals surface area contributed by atoms with Crippen LogP contribution >= 0.6 is 0 Å². The van der Waals surface area contributed by atoms with Crippen molar-refractivity contribution in [2.24, 2.45) is 0 Å². The van der Waals surface area contributed by atoms with Gasteiger partial charge in [-0.3, -0.25) is 23.1 Å². The zero-order valence-corrected chi connectivity index (χ0v) is 40.5. The summed E-state index contributed by atoms with van der Waals surface area (Å²) in [6.45, 7) is 9.52. The first-order valence-corrected chi connectivity index (χ1v) is 25.1. The molecule has 19 heteroatoms. The number of benzene rings is 3. The summed E-state index contributed by atoms with van der Waals surface area (Å²) in [6.07, 6.45) is 10.3. The van der Waals surface area contributed by atoms with Gasteiger partial charge in [0, 0.05) is 93.4 Å². The molecular weight excluding hydrogens is 917 g/mol. The molecule has 9 rings (SSSR count). The Balaban J connectivity index is 0.000000191. The molecule has 0 saturated carbocycles. The van der Waals surface area contributed by atoms with Crippen LogP contribution in [0.1, 0.15) is 81.3 Å². The monoisotopic (exact) mass is 975 g/mol. The van der Waals surface area contributed by atoms with E-state index in [9.17, 15) is 23.2 Å². The molecule has 2 saturated heterocycles. The molecule has 3 unspecified atom stereocenters. The van der Waals surface area contributed by atoms with Crippen LogP contribution in [0.25, 0.3) is 34.4 Å². The highest BCUT2D eigenvalue weighted by Gasteiger charge is 2.29. The molecule has 4 aromatic heterocycles. The molecule has 2 aliphatic rings. The SMILES string of the molecule is CCOC(O)N1CCC(c2cn(-c3ccnc(N[C@@H](C)c4ccccc4)n3)c(-c3ccc(F)cc3)n2)CC1.CCOC(O)N1CCC(c2cn(-c3ccnc(S(C)=O)n3)c(-c3ccc(F)cc3)n2)CC1. The second-order valence-corrected chi connectivity index (χ2v) is 18.4. The minimum absolute atomic E-state index is 0.0265. The van der Waals surface area contributed by atoms with Crippen LogP contribution in [0.2, 0.25) is 0 Å². The summed E-state index contributed by atoms with van der Waals surface area (Å²) in [4.78, 5) is 31.5. The molecule has 7 aromatic rings. The van der Waals surface area contributed by atoms with E-state index in [2.05, 4.69) is 39.3 Å². The number of imidazole rings is 2. The molecule has 3 aromatic carbocycles. The summed E-state index contributed by atoms with van der Waals surface area (Å²) in [7, 11) is -1.32. The summed E-state index contributed by atoms with van der Waals surface area (Å²) < 4.78 is 53.5. The number of rotatable bonds is 16. The van der Waals surface area contributed by atoms with Crippen molar-refractivity contribution in [1.82, 2.24) is 48.8 Å². The average molecular weight is 976 g/mol. The zero-order chi connectivity index (χ0) is 49.1. The van der Waals surface area contributed by atoms with E-state index in [4.69, 9.17) is 24.4 Å². The molecule has 0 amide bonds. The average Bonchev–Trinajstić information content (AvgIpc) is 4.04. The van der Waals surface area contributed by atoms with Crippen LogP contribution < -0.4 is 5.32 Å². The van der Waals surface area contributed by atoms with Crippen molar-refractivity contribution in [3.63, 3.8) is 0 Å². The second kappa shape index (κ2) is 23.6. The predicted molar refractivity (Wildman–Crippen MR) is 262 cm³/mol. The van der Waals surface area contributed by atoms with Crippen LogP contribution in [0, 0.1) is 11.6 Å². The first kappa shape index (κ1) is 50.2. The Kier molecular flexibility index (Phi) is 16.9. The van der Waals surface area contributed by atoms with E-state index >= 15 is 0 Å². The highest BCUT2D eigenvalue weighted by Crippen LogP contribution is 2.34. The van der Waals surface area contributed by atoms with Gasteiger partial charge in [-0.15, -0.1) is 0 Å². The van der Waals surface area contributed by atoms with Gasteiger partial charge in [0.1, 0.15) is 34.9 Å². The van der Waals surface area contributed by atoms with Crippen molar-refractivity contribution >= 4 is 16.7 Å². The van der Waals surface area contributed by atoms with Crippen molar-refractivity contribution in [3.8, 4) is 34.4 Å². The molecule has 0 radical (unpaired) electrons. The van der Waals surface area contributed by atoms with Crippen LogP contribution in [0.5, 0.6) is 0 Å². The fourth-order valence-electron chi connectivity index (χ4n) is 8.66. The zero-order valence-electron chi connectivity index (χ0n) is 39.7. The number of anilines is 1. The normalized spacial score (nSPS) is 16.8. The van der Waals surface area contributed by atoms with Gasteiger partial charge in [0.15, 0.2) is 0 Å². The Morgan fingerprint density at radius 3 is 1.57 bits per heavy atom. The van der Waals surface area contributed by atoms with E-state index in [-0.39, 0.29) is 34.7 Å². The lowest BCUT2D eigenvalue weighted by Gasteiger charge is -2.33. The van der Waals surface area contributed by atoms with Crippen LogP contribution in [0.4, 0.5) is 14.7 Å². The number of piperidine rings is 2. The fraction of sp³-hybridized carbons (Fsp3) is 0.373. The van der Waals surface area contributed by atoms with Gasteiger partial charge in [0.2, 0.25) is 23.9 Å². The van der Waals surface area contributed by atoms with Gasteiger partial charge in [-0.2, -0.15) is 4.98 Å². The molecule has 0 spiro atoms. The van der Waals surface area contributed by atoms with Crippen molar-refractivity contribution in [2.75, 3.05) is 51.0 Å². The Morgan fingerprint density at radius 1 is 0.657 bits per heavy atom. The van der Waals surface area contributed by atoms with Crippen LogP contribution in [-0.2, 0) is 20.3 Å². The third-order valence-corrected chi connectivity index (χ3v) is 13.2. The van der Waals surface area contributed by atoms with Crippen LogP contribution in [0.3, 0.4) is 0 Å². The molecule has 368 valence electrons. The van der Waals surface area contributed by atoms with E-state index in [0.717, 1.165) is 53.8 Å². The highest BCUT2D eigenvalue weighted by atomic mass is 32.2. The number of halogens is 2. The molecule has 16 nitrogen and oxygen atoms in total. The van der Waals surface area contributed by atoms with Crippen LogP contribution in [-0.4, -0.2) is 122 Å². The first-order chi connectivity index (χ1) is 34.0. The summed E-state index contributed by atoms with van der Waals surface area (Å²) in [5, 5.41) is 23.9. The van der Waals surface area contributed by atoms with Gasteiger partial charge in [0.05, 0.1) is 28.2 Å². The molecule has 4 atom stereocenters. The number of hydrogen-bond acceptors (Lipinski definition) is 14. The first-order valence-electron chi connectivity index (χ1n) is 23.6. The highest BCUT2D eigenvalue weighted by molar-refractivity contribution is 7.84. The van der Waals surface area contributed by atoms with E-state index in [0.29, 0.717) is 68.6 Å². The van der Waals surface area contributed by atoms with Gasteiger partial charge in [-0.25, -0.2) is 33.7 Å². The Bertz CT molecular complexity index is 2790. The van der Waals surface area contributed by atoms with E-state index in [1.54, 1.807) is 42.7 Å². The molecule has 2 fully saturated rings. The Morgan fingerprint density at radius 2 is 1.11 bits per heavy atom. The number of nitrogens with one attached hydrogen (secondary N) is 1. The van der Waals surface area contributed by atoms with E-state index < -0.39 is 23.6 Å². The van der Waals surface area contributed by atoms with Gasteiger partial charge in [0.25, 0.3) is 0 Å². The number of nitrogens with zero attached hydrogens (tertiary/aromatic N) is 10. The summed E-state index contributed by atoms with van der Waals surface area (Å²) in [6, 6.07) is 26.2. The Hall–Kier alpha value is -6.19. The second-order valence-electron chi connectivity index (χ2n) is 17.1. The molecular formula is C51H59F2N11O5S. The molecule has 70 heavy (non-hydrogen) atoms. The minimum atomic E-state index is -1.32. The molecule has 0 aliphatic carbocycles. The standard InChI is InChI=1S/C29H33FN6O2.C22H26FN5O3S/c1-3-38-29(37)35-17-14-22(15-18-35)25-19-36(27(33-25)23-9-11-24(30)12-10-23)26-13-16-31-28(34-26)32-20(2)21-7-5-4-6-8-21;1-3-31-22(29)27-12-9-15(10-13-27)18-14-28(19-8-11-24-21(26-19)32(2)30)20(25-18)16-4-6-17(23)7-5-16/h4-13,16,19-20,22,29,37H,3,14-15,17-18H2,1-2H3,(H,31,32,34);4-8,11,14-15,22,29H,3,9-10,12-13H2,1-2H3/t20-,29?;/m0./s1. The Labute approximate surface area is 408 Å². The number of aliphatic hydroxyl groups excluding tert-OH is 2. The number of aliphatic hydroxyl groups is 2. The van der Waals surface area contributed by atoms with E-state index in [1.807, 2.05) is 69.4 Å². The van der Waals surface area contributed by atoms with Gasteiger partial charge >= 0.3 is 0 Å². The van der Waals surface area contributed by atoms with Gasteiger partial charge < -0.3 is 25.0 Å². The third kappa shape index (κ3) is 12.4. The fourth-order valence-corrected chi connectivity index (χ4v) is 9.09. The van der Waals surface area contributed by atoms with Gasteiger partial charge in [-0.05, 0) is 113 Å². The number of aromatic nitrogens is 8.